The molecule has 0 saturated carbocycles. The fraction of sp³-hybridized carbons (Fsp3) is 0.333. The van der Waals surface area contributed by atoms with Crippen LogP contribution in [0.2, 0.25) is 0 Å². The van der Waals surface area contributed by atoms with E-state index >= 15 is 0 Å². The number of furan rings is 1. The summed E-state index contributed by atoms with van der Waals surface area (Å²) in [6.45, 7) is 0.939. The monoisotopic (exact) mass is 343 g/mol. The first-order chi connectivity index (χ1) is 12.1. The van der Waals surface area contributed by atoms with E-state index in [0.29, 0.717) is 12.3 Å². The molecule has 130 valence electrons. The van der Waals surface area contributed by atoms with Crippen LogP contribution in [0.5, 0.6) is 0 Å². The van der Waals surface area contributed by atoms with Gasteiger partial charge in [0.25, 0.3) is 0 Å². The number of rotatable bonds is 3. The van der Waals surface area contributed by atoms with Crippen molar-refractivity contribution < 1.29 is 18.4 Å². The van der Waals surface area contributed by atoms with Crippen LogP contribution in [0.25, 0.3) is 0 Å². The average Bonchev–Trinajstić information content (AvgIpc) is 3.12. The molecule has 2 N–H and O–H groups in total. The van der Waals surface area contributed by atoms with Gasteiger partial charge in [0.1, 0.15) is 11.6 Å². The van der Waals surface area contributed by atoms with Gasteiger partial charge in [0.15, 0.2) is 0 Å². The van der Waals surface area contributed by atoms with Gasteiger partial charge < -0.3 is 9.32 Å². The van der Waals surface area contributed by atoms with Crippen LogP contribution in [0.15, 0.2) is 47.1 Å². The van der Waals surface area contributed by atoms with Crippen LogP contribution in [0, 0.1) is 11.7 Å². The molecule has 3 amide bonds. The third kappa shape index (κ3) is 2.91. The van der Waals surface area contributed by atoms with Gasteiger partial charge in [-0.2, -0.15) is 0 Å². The Balaban J connectivity index is 1.64. The predicted octanol–water partition coefficient (Wildman–Crippen LogP) is 2.19. The largest absolute Gasteiger partial charge is 0.467 e. The molecule has 0 bridgehead atoms. The van der Waals surface area contributed by atoms with Crippen molar-refractivity contribution in [1.82, 2.24) is 15.5 Å². The number of carbonyl (C=O) groups is 2. The minimum absolute atomic E-state index is 0.0842. The molecular weight excluding hydrogens is 325 g/mol. The van der Waals surface area contributed by atoms with Crippen molar-refractivity contribution in [2.24, 2.45) is 5.92 Å². The Morgan fingerprint density at radius 2 is 2.00 bits per heavy atom. The van der Waals surface area contributed by atoms with Crippen molar-refractivity contribution in [2.75, 3.05) is 6.54 Å². The fourth-order valence-corrected chi connectivity index (χ4v) is 3.75. The van der Waals surface area contributed by atoms with Crippen LogP contribution < -0.4 is 10.6 Å². The van der Waals surface area contributed by atoms with Crippen LogP contribution in [-0.4, -0.2) is 29.5 Å². The van der Waals surface area contributed by atoms with Gasteiger partial charge >= 0.3 is 6.03 Å². The topological polar surface area (TPSA) is 74.6 Å². The van der Waals surface area contributed by atoms with Gasteiger partial charge in [-0.05, 0) is 42.8 Å². The van der Waals surface area contributed by atoms with Gasteiger partial charge in [-0.1, -0.05) is 12.1 Å². The third-order valence-corrected chi connectivity index (χ3v) is 4.92. The number of hydrogen-bond donors (Lipinski definition) is 2. The second-order valence-corrected chi connectivity index (χ2v) is 6.37. The van der Waals surface area contributed by atoms with Gasteiger partial charge in [-0.3, -0.25) is 15.4 Å². The van der Waals surface area contributed by atoms with Gasteiger partial charge in [0.05, 0.1) is 24.9 Å². The van der Waals surface area contributed by atoms with Crippen LogP contribution in [-0.2, 0) is 11.3 Å². The molecule has 0 aliphatic carbocycles. The van der Waals surface area contributed by atoms with Crippen molar-refractivity contribution in [2.45, 2.75) is 25.0 Å². The Hall–Kier alpha value is -2.67. The Bertz CT molecular complexity index is 775. The van der Waals surface area contributed by atoms with E-state index in [1.54, 1.807) is 35.4 Å². The van der Waals surface area contributed by atoms with E-state index in [0.717, 1.165) is 12.0 Å². The maximum absolute atomic E-state index is 13.2. The number of imide groups is 1. The molecule has 25 heavy (non-hydrogen) atoms. The lowest BCUT2D eigenvalue weighted by Crippen LogP contribution is -2.67. The SMILES string of the molecule is O=C1NC(=O)N(Cc2ccco2)C2NCCC(c3ccc(F)cc3)C12. The number of urea groups is 1. The summed E-state index contributed by atoms with van der Waals surface area (Å²) in [5.74, 6) is -0.482. The highest BCUT2D eigenvalue weighted by Crippen LogP contribution is 2.37. The Kier molecular flexibility index (Phi) is 4.01. The van der Waals surface area contributed by atoms with E-state index in [9.17, 15) is 14.0 Å². The Morgan fingerprint density at radius 3 is 2.72 bits per heavy atom. The molecule has 2 saturated heterocycles. The van der Waals surface area contributed by atoms with Crippen molar-refractivity contribution in [3.8, 4) is 0 Å². The predicted molar refractivity (Wildman–Crippen MR) is 86.8 cm³/mol. The zero-order valence-corrected chi connectivity index (χ0v) is 13.4. The standard InChI is InChI=1S/C18H18FN3O3/c19-12-5-3-11(4-6-12)14-7-8-20-16-15(14)17(23)21-18(24)22(16)10-13-2-1-9-25-13/h1-6,9,14-16,20H,7-8,10H2,(H,21,23,24). The smallest absolute Gasteiger partial charge is 0.325 e. The van der Waals surface area contributed by atoms with E-state index < -0.39 is 18.1 Å². The van der Waals surface area contributed by atoms with Crippen molar-refractivity contribution in [1.29, 1.82) is 0 Å². The summed E-state index contributed by atoms with van der Waals surface area (Å²) in [7, 11) is 0. The second kappa shape index (κ2) is 6.33. The van der Waals surface area contributed by atoms with Gasteiger partial charge in [-0.15, -0.1) is 0 Å². The van der Waals surface area contributed by atoms with E-state index in [1.165, 1.54) is 12.1 Å². The highest BCUT2D eigenvalue weighted by atomic mass is 19.1. The minimum Gasteiger partial charge on any atom is -0.467 e. The van der Waals surface area contributed by atoms with Crippen molar-refractivity contribution in [3.05, 3.63) is 59.8 Å². The first-order valence-corrected chi connectivity index (χ1v) is 8.26. The summed E-state index contributed by atoms with van der Waals surface area (Å²) < 4.78 is 18.6. The summed E-state index contributed by atoms with van der Waals surface area (Å²) in [5.41, 5.74) is 0.903. The second-order valence-electron chi connectivity index (χ2n) is 6.37. The lowest BCUT2D eigenvalue weighted by atomic mass is 9.77. The number of amides is 3. The number of nitrogens with one attached hydrogen (secondary N) is 2. The molecule has 0 radical (unpaired) electrons. The van der Waals surface area contributed by atoms with Crippen LogP contribution in [0.3, 0.4) is 0 Å². The lowest BCUT2D eigenvalue weighted by molar-refractivity contribution is -0.131. The van der Waals surface area contributed by atoms with Crippen LogP contribution in [0.1, 0.15) is 23.7 Å². The molecule has 3 unspecified atom stereocenters. The molecule has 0 spiro atoms. The number of fused-ring (bicyclic) bond motifs is 1. The van der Waals surface area contributed by atoms with Gasteiger partial charge in [0.2, 0.25) is 5.91 Å². The molecule has 6 nitrogen and oxygen atoms in total. The normalized spacial score (nSPS) is 26.3. The summed E-state index contributed by atoms with van der Waals surface area (Å²) >= 11 is 0. The van der Waals surface area contributed by atoms with Crippen LogP contribution in [0.4, 0.5) is 9.18 Å². The third-order valence-electron chi connectivity index (χ3n) is 4.92. The van der Waals surface area contributed by atoms with Gasteiger partial charge in [-0.25, -0.2) is 9.18 Å². The quantitative estimate of drug-likeness (QED) is 0.896. The molecule has 4 rings (SSSR count). The first-order valence-electron chi connectivity index (χ1n) is 8.26. The molecule has 2 aliphatic heterocycles. The summed E-state index contributed by atoms with van der Waals surface area (Å²) in [4.78, 5) is 26.5. The number of hydrogen-bond acceptors (Lipinski definition) is 4. The molecule has 2 fully saturated rings. The summed E-state index contributed by atoms with van der Waals surface area (Å²) in [5, 5.41) is 5.73. The van der Waals surface area contributed by atoms with Crippen LogP contribution >= 0.6 is 0 Å². The summed E-state index contributed by atoms with van der Waals surface area (Å²) in [6, 6.07) is 9.34. The molecule has 1 aromatic carbocycles. The average molecular weight is 343 g/mol. The number of benzene rings is 1. The molecule has 2 aromatic rings. The zero-order chi connectivity index (χ0) is 17.4. The van der Waals surface area contributed by atoms with Crippen molar-refractivity contribution >= 4 is 11.9 Å². The molecule has 2 aliphatic rings. The van der Waals surface area contributed by atoms with E-state index in [2.05, 4.69) is 10.6 Å². The molecule has 7 heteroatoms. The zero-order valence-electron chi connectivity index (χ0n) is 13.4. The molecule has 3 atom stereocenters. The molecule has 1 aromatic heterocycles. The number of nitrogens with zero attached hydrogens (tertiary/aromatic N) is 1. The molecule has 3 heterocycles. The van der Waals surface area contributed by atoms with E-state index in [1.807, 2.05) is 0 Å². The fourth-order valence-electron chi connectivity index (χ4n) is 3.75. The Morgan fingerprint density at radius 1 is 1.20 bits per heavy atom. The maximum Gasteiger partial charge on any atom is 0.325 e. The van der Waals surface area contributed by atoms with Gasteiger partial charge in [0, 0.05) is 5.92 Å². The van der Waals surface area contributed by atoms with E-state index in [4.69, 9.17) is 4.42 Å². The van der Waals surface area contributed by atoms with E-state index in [-0.39, 0.29) is 24.2 Å². The Labute approximate surface area is 144 Å². The maximum atomic E-state index is 13.2. The van der Waals surface area contributed by atoms with Crippen molar-refractivity contribution in [3.63, 3.8) is 0 Å². The highest BCUT2D eigenvalue weighted by Gasteiger charge is 2.47. The highest BCUT2D eigenvalue weighted by molar-refractivity contribution is 5.99. The number of piperidine rings is 1. The molecular formula is C18H18FN3O3. The first kappa shape index (κ1) is 15.8. The minimum atomic E-state index is -0.438. The lowest BCUT2D eigenvalue weighted by Gasteiger charge is -2.46. The number of carbonyl (C=O) groups excluding carboxylic acids is 2. The number of halogens is 1. The summed E-state index contributed by atoms with van der Waals surface area (Å²) in [6.07, 6.45) is 1.87.